The third kappa shape index (κ3) is 5.05. The normalized spacial score (nSPS) is 21.1. The summed E-state index contributed by atoms with van der Waals surface area (Å²) in [6.45, 7) is 2.27. The molecule has 152 valence electrons. The van der Waals surface area contributed by atoms with Crippen molar-refractivity contribution in [3.8, 4) is 0 Å². The van der Waals surface area contributed by atoms with E-state index in [-0.39, 0.29) is 31.2 Å². The van der Waals surface area contributed by atoms with Crippen LogP contribution in [0.1, 0.15) is 74.1 Å². The number of rotatable bonds is 8. The lowest BCUT2D eigenvalue weighted by Gasteiger charge is -2.28. The van der Waals surface area contributed by atoms with Crippen LogP contribution in [0, 0.1) is 6.92 Å². The number of aliphatic carboxylic acids is 1. The van der Waals surface area contributed by atoms with Gasteiger partial charge in [-0.3, -0.25) is 14.4 Å². The highest BCUT2D eigenvalue weighted by Gasteiger charge is 2.37. The maximum absolute atomic E-state index is 12.3. The van der Waals surface area contributed by atoms with E-state index in [1.807, 2.05) is 6.92 Å². The summed E-state index contributed by atoms with van der Waals surface area (Å²) in [5.41, 5.74) is 2.75. The zero-order valence-electron chi connectivity index (χ0n) is 16.3. The van der Waals surface area contributed by atoms with Gasteiger partial charge in [0.15, 0.2) is 0 Å². The van der Waals surface area contributed by atoms with E-state index in [9.17, 15) is 14.4 Å². The smallest absolute Gasteiger partial charge is 0.303 e. The molecule has 3 rings (SSSR count). The molecule has 1 unspecified atom stereocenters. The molecule has 2 amide bonds. The van der Waals surface area contributed by atoms with Gasteiger partial charge in [-0.1, -0.05) is 0 Å². The molecule has 0 bridgehead atoms. The van der Waals surface area contributed by atoms with E-state index in [0.29, 0.717) is 31.5 Å². The van der Waals surface area contributed by atoms with Crippen LogP contribution in [0.15, 0.2) is 0 Å². The van der Waals surface area contributed by atoms with Gasteiger partial charge < -0.3 is 15.7 Å². The van der Waals surface area contributed by atoms with Crippen molar-refractivity contribution >= 4 is 17.8 Å². The van der Waals surface area contributed by atoms with Gasteiger partial charge in [-0.05, 0) is 57.4 Å². The Hall–Kier alpha value is -2.51. The standard InChI is InChI=1S/C20H28N4O4/c1-13-14-4-2-3-5-15(14)23-16(22-13)12-21-17(25)6-9-20(11-8-19(27)28)10-7-18(26)24-20/h2-12H2,1H3,(H,21,25)(H,24,26)(H,27,28). The second kappa shape index (κ2) is 8.67. The van der Waals surface area contributed by atoms with Crippen LogP contribution in [0.4, 0.5) is 0 Å². The number of amides is 2. The molecule has 2 heterocycles. The molecule has 1 atom stereocenters. The van der Waals surface area contributed by atoms with Gasteiger partial charge in [0.2, 0.25) is 11.8 Å². The SMILES string of the molecule is Cc1nc(CNC(=O)CCC2(CCC(=O)O)CCC(=O)N2)nc2c1CCCC2. The number of carboxylic acids is 1. The highest BCUT2D eigenvalue weighted by Crippen LogP contribution is 2.30. The molecule has 1 aromatic heterocycles. The minimum atomic E-state index is -0.898. The first-order valence-electron chi connectivity index (χ1n) is 10.0. The molecule has 0 aromatic carbocycles. The second-order valence-corrected chi connectivity index (χ2v) is 7.86. The second-order valence-electron chi connectivity index (χ2n) is 7.86. The van der Waals surface area contributed by atoms with Crippen LogP contribution in [-0.4, -0.2) is 38.4 Å². The Kier molecular flexibility index (Phi) is 6.26. The van der Waals surface area contributed by atoms with E-state index in [1.165, 1.54) is 12.0 Å². The molecule has 1 aliphatic heterocycles. The highest BCUT2D eigenvalue weighted by atomic mass is 16.4. The van der Waals surface area contributed by atoms with Crippen LogP contribution in [-0.2, 0) is 33.8 Å². The van der Waals surface area contributed by atoms with Gasteiger partial charge >= 0.3 is 5.97 Å². The Morgan fingerprint density at radius 3 is 2.61 bits per heavy atom. The van der Waals surface area contributed by atoms with Crippen LogP contribution in [0.25, 0.3) is 0 Å². The van der Waals surface area contributed by atoms with E-state index in [4.69, 9.17) is 5.11 Å². The van der Waals surface area contributed by atoms with E-state index >= 15 is 0 Å². The molecule has 1 aromatic rings. The minimum absolute atomic E-state index is 0.0237. The zero-order valence-corrected chi connectivity index (χ0v) is 16.3. The molecular formula is C20H28N4O4. The van der Waals surface area contributed by atoms with Crippen molar-refractivity contribution < 1.29 is 19.5 Å². The summed E-state index contributed by atoms with van der Waals surface area (Å²) >= 11 is 0. The summed E-state index contributed by atoms with van der Waals surface area (Å²) in [6.07, 6.45) is 6.23. The first kappa shape index (κ1) is 20.2. The number of aryl methyl sites for hydroxylation is 2. The molecule has 8 heteroatoms. The lowest BCUT2D eigenvalue weighted by molar-refractivity contribution is -0.137. The molecule has 1 fully saturated rings. The van der Waals surface area contributed by atoms with E-state index in [1.54, 1.807) is 0 Å². The Morgan fingerprint density at radius 1 is 1.14 bits per heavy atom. The lowest BCUT2D eigenvalue weighted by atomic mass is 9.86. The predicted octanol–water partition coefficient (Wildman–Crippen LogP) is 1.57. The molecule has 28 heavy (non-hydrogen) atoms. The maximum Gasteiger partial charge on any atom is 0.303 e. The summed E-state index contributed by atoms with van der Waals surface area (Å²) < 4.78 is 0. The van der Waals surface area contributed by atoms with Gasteiger partial charge in [-0.2, -0.15) is 0 Å². The number of hydrogen-bond donors (Lipinski definition) is 3. The molecule has 1 saturated heterocycles. The number of nitrogens with one attached hydrogen (secondary N) is 2. The fourth-order valence-electron chi connectivity index (χ4n) is 4.16. The van der Waals surface area contributed by atoms with Crippen LogP contribution in [0.5, 0.6) is 0 Å². The van der Waals surface area contributed by atoms with Crippen LogP contribution in [0.2, 0.25) is 0 Å². The average Bonchev–Trinajstić information content (AvgIpc) is 3.05. The molecule has 8 nitrogen and oxygen atoms in total. The molecule has 1 aliphatic carbocycles. The van der Waals surface area contributed by atoms with Gasteiger partial charge in [0.1, 0.15) is 5.82 Å². The van der Waals surface area contributed by atoms with Crippen LogP contribution < -0.4 is 10.6 Å². The number of carbonyl (C=O) groups is 3. The Balaban J connectivity index is 1.53. The van der Waals surface area contributed by atoms with Gasteiger partial charge in [0.05, 0.1) is 6.54 Å². The predicted molar refractivity (Wildman–Crippen MR) is 101 cm³/mol. The maximum atomic E-state index is 12.3. The monoisotopic (exact) mass is 388 g/mol. The number of carboxylic acid groups (broad SMARTS) is 1. The average molecular weight is 388 g/mol. The van der Waals surface area contributed by atoms with Crippen molar-refractivity contribution in [3.63, 3.8) is 0 Å². The summed E-state index contributed by atoms with van der Waals surface area (Å²) in [7, 11) is 0. The topological polar surface area (TPSA) is 121 Å². The third-order valence-electron chi connectivity index (χ3n) is 5.76. The van der Waals surface area contributed by atoms with Crippen molar-refractivity contribution in [2.24, 2.45) is 0 Å². The van der Waals surface area contributed by atoms with Crippen LogP contribution in [0.3, 0.4) is 0 Å². The Bertz CT molecular complexity index is 780. The van der Waals surface area contributed by atoms with Gasteiger partial charge in [0, 0.05) is 36.2 Å². The molecule has 2 aliphatic rings. The van der Waals surface area contributed by atoms with Crippen molar-refractivity contribution in [3.05, 3.63) is 22.8 Å². The first-order chi connectivity index (χ1) is 13.4. The number of carbonyl (C=O) groups excluding carboxylic acids is 2. The molecule has 0 radical (unpaired) electrons. The van der Waals surface area contributed by atoms with Crippen LogP contribution >= 0.6 is 0 Å². The number of hydrogen-bond acceptors (Lipinski definition) is 5. The summed E-state index contributed by atoms with van der Waals surface area (Å²) in [6, 6.07) is 0. The Labute approximate surface area is 164 Å². The summed E-state index contributed by atoms with van der Waals surface area (Å²) in [5, 5.41) is 14.7. The minimum Gasteiger partial charge on any atom is -0.481 e. The number of fused-ring (bicyclic) bond motifs is 1. The lowest BCUT2D eigenvalue weighted by Crippen LogP contribution is -2.43. The fourth-order valence-corrected chi connectivity index (χ4v) is 4.16. The zero-order chi connectivity index (χ0) is 20.1. The highest BCUT2D eigenvalue weighted by molar-refractivity contribution is 5.80. The molecule has 0 spiro atoms. The summed E-state index contributed by atoms with van der Waals surface area (Å²) in [5.74, 6) is -0.496. The van der Waals surface area contributed by atoms with Gasteiger partial charge in [0.25, 0.3) is 0 Å². The largest absolute Gasteiger partial charge is 0.481 e. The van der Waals surface area contributed by atoms with Crippen molar-refractivity contribution in [1.82, 2.24) is 20.6 Å². The first-order valence-corrected chi connectivity index (χ1v) is 10.0. The quantitative estimate of drug-likeness (QED) is 0.622. The van der Waals surface area contributed by atoms with E-state index in [0.717, 1.165) is 30.7 Å². The number of aromatic nitrogens is 2. The van der Waals surface area contributed by atoms with Gasteiger partial charge in [-0.25, -0.2) is 9.97 Å². The third-order valence-corrected chi connectivity index (χ3v) is 5.76. The van der Waals surface area contributed by atoms with Crippen molar-refractivity contribution in [1.29, 1.82) is 0 Å². The number of nitrogens with zero attached hydrogens (tertiary/aromatic N) is 2. The summed E-state index contributed by atoms with van der Waals surface area (Å²) in [4.78, 5) is 44.0. The van der Waals surface area contributed by atoms with E-state index < -0.39 is 11.5 Å². The fraction of sp³-hybridized carbons (Fsp3) is 0.650. The van der Waals surface area contributed by atoms with Crippen molar-refractivity contribution in [2.75, 3.05) is 0 Å². The Morgan fingerprint density at radius 2 is 1.89 bits per heavy atom. The van der Waals surface area contributed by atoms with Gasteiger partial charge in [-0.15, -0.1) is 0 Å². The van der Waals surface area contributed by atoms with E-state index in [2.05, 4.69) is 20.6 Å². The molecule has 0 saturated carbocycles. The molecule has 3 N–H and O–H groups in total. The molecular weight excluding hydrogens is 360 g/mol. The van der Waals surface area contributed by atoms with Crippen molar-refractivity contribution in [2.45, 2.75) is 83.2 Å².